The summed E-state index contributed by atoms with van der Waals surface area (Å²) in [6.07, 6.45) is 0. The van der Waals surface area contributed by atoms with E-state index in [4.69, 9.17) is 0 Å². The molecule has 1 heterocycles. The molecule has 1 amide bonds. The summed E-state index contributed by atoms with van der Waals surface area (Å²) >= 11 is 1.32. The average Bonchev–Trinajstić information content (AvgIpc) is 2.80. The van der Waals surface area contributed by atoms with Crippen molar-refractivity contribution in [1.82, 2.24) is 4.98 Å². The molecular weight excluding hydrogens is 264 g/mol. The summed E-state index contributed by atoms with van der Waals surface area (Å²) < 4.78 is 0. The van der Waals surface area contributed by atoms with Crippen molar-refractivity contribution in [3.8, 4) is 11.5 Å². The Balaban J connectivity index is 2.18. The van der Waals surface area contributed by atoms with Gasteiger partial charge in [0.1, 0.15) is 11.5 Å². The highest BCUT2D eigenvalue weighted by Crippen LogP contribution is 2.25. The van der Waals surface area contributed by atoms with Crippen LogP contribution in [0.3, 0.4) is 0 Å². The zero-order chi connectivity index (χ0) is 14.0. The van der Waals surface area contributed by atoms with Crippen molar-refractivity contribution in [2.75, 3.05) is 5.32 Å². The third-order valence-electron chi connectivity index (χ3n) is 2.56. The Morgan fingerprint density at radius 2 is 2.11 bits per heavy atom. The highest BCUT2D eigenvalue weighted by Gasteiger charge is 2.14. The summed E-state index contributed by atoms with van der Waals surface area (Å²) in [4.78, 5) is 16.2. The van der Waals surface area contributed by atoms with Crippen LogP contribution in [0.1, 0.15) is 35.8 Å². The molecule has 0 radical (unpaired) electrons. The zero-order valence-corrected chi connectivity index (χ0v) is 11.4. The van der Waals surface area contributed by atoms with Crippen LogP contribution in [0, 0.1) is 0 Å². The third-order valence-corrected chi connectivity index (χ3v) is 3.33. The van der Waals surface area contributed by atoms with Gasteiger partial charge in [-0.15, -0.1) is 11.3 Å². The first-order chi connectivity index (χ1) is 8.97. The quantitative estimate of drug-likeness (QED) is 0.754. The van der Waals surface area contributed by atoms with Gasteiger partial charge in [-0.2, -0.15) is 0 Å². The molecule has 5 nitrogen and oxygen atoms in total. The van der Waals surface area contributed by atoms with Gasteiger partial charge in [-0.05, 0) is 24.1 Å². The topological polar surface area (TPSA) is 82.5 Å². The van der Waals surface area contributed by atoms with E-state index in [2.05, 4.69) is 10.3 Å². The highest BCUT2D eigenvalue weighted by atomic mass is 32.1. The molecule has 0 saturated carbocycles. The number of phenols is 2. The van der Waals surface area contributed by atoms with E-state index in [-0.39, 0.29) is 23.0 Å². The van der Waals surface area contributed by atoms with Crippen molar-refractivity contribution in [1.29, 1.82) is 0 Å². The van der Waals surface area contributed by atoms with Crippen LogP contribution in [-0.2, 0) is 0 Å². The van der Waals surface area contributed by atoms with Crippen LogP contribution in [0.4, 0.5) is 5.13 Å². The van der Waals surface area contributed by atoms with E-state index < -0.39 is 5.91 Å². The summed E-state index contributed by atoms with van der Waals surface area (Å²) in [5.74, 6) is -0.477. The predicted octanol–water partition coefficient (Wildman–Crippen LogP) is 2.93. The number of nitrogens with one attached hydrogen (secondary N) is 1. The number of aromatic nitrogens is 1. The number of nitrogens with zero attached hydrogens (tertiary/aromatic N) is 1. The van der Waals surface area contributed by atoms with Crippen molar-refractivity contribution < 1.29 is 15.0 Å². The summed E-state index contributed by atoms with van der Waals surface area (Å²) in [7, 11) is 0. The van der Waals surface area contributed by atoms with Gasteiger partial charge in [-0.1, -0.05) is 13.8 Å². The standard InChI is InChI=1S/C13H14N2O3S/c1-7(2)10-6-19-13(14-10)15-12(18)9-5-8(16)3-4-11(9)17/h3-7,16-17H,1-2H3,(H,14,15,18). The molecule has 2 rings (SSSR count). The fourth-order valence-electron chi connectivity index (χ4n) is 1.48. The van der Waals surface area contributed by atoms with Crippen LogP contribution in [0.25, 0.3) is 0 Å². The van der Waals surface area contributed by atoms with Crippen LogP contribution in [0.2, 0.25) is 0 Å². The second kappa shape index (κ2) is 5.27. The molecule has 100 valence electrons. The van der Waals surface area contributed by atoms with E-state index in [0.29, 0.717) is 5.13 Å². The van der Waals surface area contributed by atoms with Gasteiger partial charge in [0.05, 0.1) is 11.3 Å². The molecule has 3 N–H and O–H groups in total. The van der Waals surface area contributed by atoms with Crippen molar-refractivity contribution in [3.63, 3.8) is 0 Å². The molecule has 0 aliphatic carbocycles. The number of carbonyl (C=O) groups excluding carboxylic acids is 1. The molecular formula is C13H14N2O3S. The third kappa shape index (κ3) is 3.03. The van der Waals surface area contributed by atoms with Gasteiger partial charge < -0.3 is 10.2 Å². The summed E-state index contributed by atoms with van der Waals surface area (Å²) in [5.41, 5.74) is 0.918. The molecule has 0 atom stereocenters. The Hall–Kier alpha value is -2.08. The van der Waals surface area contributed by atoms with Crippen LogP contribution >= 0.6 is 11.3 Å². The van der Waals surface area contributed by atoms with Crippen molar-refractivity contribution in [2.24, 2.45) is 0 Å². The maximum Gasteiger partial charge on any atom is 0.261 e. The van der Waals surface area contributed by atoms with Crippen molar-refractivity contribution in [2.45, 2.75) is 19.8 Å². The van der Waals surface area contributed by atoms with Crippen LogP contribution in [0.15, 0.2) is 23.6 Å². The molecule has 0 fully saturated rings. The van der Waals surface area contributed by atoms with Gasteiger partial charge in [-0.3, -0.25) is 10.1 Å². The number of phenolic OH excluding ortho intramolecular Hbond substituents is 2. The monoisotopic (exact) mass is 278 g/mol. The smallest absolute Gasteiger partial charge is 0.261 e. The molecule has 0 aliphatic heterocycles. The molecule has 19 heavy (non-hydrogen) atoms. The molecule has 1 aromatic carbocycles. The minimum Gasteiger partial charge on any atom is -0.508 e. The predicted molar refractivity (Wildman–Crippen MR) is 73.9 cm³/mol. The second-order valence-electron chi connectivity index (χ2n) is 4.39. The average molecular weight is 278 g/mol. The number of aromatic hydroxyl groups is 2. The Morgan fingerprint density at radius 3 is 2.74 bits per heavy atom. The van der Waals surface area contributed by atoms with E-state index in [9.17, 15) is 15.0 Å². The molecule has 0 spiro atoms. The number of rotatable bonds is 3. The lowest BCUT2D eigenvalue weighted by Gasteiger charge is -2.05. The minimum atomic E-state index is -0.502. The molecule has 2 aromatic rings. The first kappa shape index (κ1) is 13.4. The largest absolute Gasteiger partial charge is 0.508 e. The van der Waals surface area contributed by atoms with Crippen LogP contribution in [0.5, 0.6) is 11.5 Å². The molecule has 0 unspecified atom stereocenters. The lowest BCUT2D eigenvalue weighted by atomic mass is 10.2. The molecule has 1 aromatic heterocycles. The first-order valence-corrected chi connectivity index (χ1v) is 6.64. The van der Waals surface area contributed by atoms with Crippen LogP contribution in [-0.4, -0.2) is 21.1 Å². The summed E-state index contributed by atoms with van der Waals surface area (Å²) in [6.45, 7) is 4.03. The minimum absolute atomic E-state index is 0.0151. The summed E-state index contributed by atoms with van der Waals surface area (Å²) in [5, 5.41) is 23.9. The number of carbonyl (C=O) groups is 1. The number of hydrogen-bond acceptors (Lipinski definition) is 5. The van der Waals surface area contributed by atoms with Gasteiger partial charge in [0, 0.05) is 5.38 Å². The second-order valence-corrected chi connectivity index (χ2v) is 5.25. The maximum absolute atomic E-state index is 12.0. The van der Waals surface area contributed by atoms with Gasteiger partial charge in [0.25, 0.3) is 5.91 Å². The molecule has 6 heteroatoms. The Kier molecular flexibility index (Phi) is 3.71. The SMILES string of the molecule is CC(C)c1csc(NC(=O)c2cc(O)ccc2O)n1. The van der Waals surface area contributed by atoms with Crippen LogP contribution < -0.4 is 5.32 Å². The van der Waals surface area contributed by atoms with Gasteiger partial charge in [0.15, 0.2) is 5.13 Å². The van der Waals surface area contributed by atoms with Crippen molar-refractivity contribution in [3.05, 3.63) is 34.8 Å². The van der Waals surface area contributed by atoms with E-state index in [1.807, 2.05) is 19.2 Å². The fraction of sp³-hybridized carbons (Fsp3) is 0.231. The van der Waals surface area contributed by atoms with Crippen molar-refractivity contribution >= 4 is 22.4 Å². The zero-order valence-electron chi connectivity index (χ0n) is 10.5. The van der Waals surface area contributed by atoms with Gasteiger partial charge in [0.2, 0.25) is 0 Å². The van der Waals surface area contributed by atoms with Gasteiger partial charge >= 0.3 is 0 Å². The Morgan fingerprint density at radius 1 is 1.37 bits per heavy atom. The maximum atomic E-state index is 12.0. The fourth-order valence-corrected chi connectivity index (χ4v) is 2.35. The van der Waals surface area contributed by atoms with E-state index in [1.54, 1.807) is 0 Å². The summed E-state index contributed by atoms with van der Waals surface area (Å²) in [6, 6.07) is 3.79. The molecule has 0 saturated heterocycles. The normalized spacial score (nSPS) is 10.7. The van der Waals surface area contributed by atoms with E-state index >= 15 is 0 Å². The van der Waals surface area contributed by atoms with Gasteiger partial charge in [-0.25, -0.2) is 4.98 Å². The number of thiazole rings is 1. The number of amides is 1. The Labute approximate surface area is 114 Å². The number of benzene rings is 1. The molecule has 0 aliphatic rings. The number of hydrogen-bond donors (Lipinski definition) is 3. The number of anilines is 1. The Bertz CT molecular complexity index is 608. The van der Waals surface area contributed by atoms with E-state index in [1.165, 1.54) is 29.5 Å². The highest BCUT2D eigenvalue weighted by molar-refractivity contribution is 7.14. The lowest BCUT2D eigenvalue weighted by Crippen LogP contribution is -2.12. The molecule has 0 bridgehead atoms. The van der Waals surface area contributed by atoms with E-state index in [0.717, 1.165) is 5.69 Å². The lowest BCUT2D eigenvalue weighted by molar-refractivity contribution is 0.102. The first-order valence-electron chi connectivity index (χ1n) is 5.76.